The Balaban J connectivity index is 2.03. The third-order valence-corrected chi connectivity index (χ3v) is 2.23. The summed E-state index contributed by atoms with van der Waals surface area (Å²) >= 11 is 0. The monoisotopic (exact) mass is 203 g/mol. The van der Waals surface area contributed by atoms with Gasteiger partial charge in [-0.25, -0.2) is 0 Å². The van der Waals surface area contributed by atoms with E-state index in [-0.39, 0.29) is 6.10 Å². The molecule has 4 nitrogen and oxygen atoms in total. The standard InChI is InChI=1S/C10H21NO3/c1-2-5-14-9-10(12)8-11-3-6-13-7-4-11/h10,12H,2-9H2,1H3. The molecule has 14 heavy (non-hydrogen) atoms. The van der Waals surface area contributed by atoms with Gasteiger partial charge in [0.1, 0.15) is 0 Å². The highest BCUT2D eigenvalue weighted by Crippen LogP contribution is 1.99. The molecular formula is C10H21NO3. The van der Waals surface area contributed by atoms with Gasteiger partial charge in [-0.1, -0.05) is 6.92 Å². The van der Waals surface area contributed by atoms with Gasteiger partial charge in [-0.15, -0.1) is 0 Å². The van der Waals surface area contributed by atoms with E-state index in [1.165, 1.54) is 0 Å². The van der Waals surface area contributed by atoms with Crippen LogP contribution >= 0.6 is 0 Å². The van der Waals surface area contributed by atoms with Crippen molar-refractivity contribution in [3.05, 3.63) is 0 Å². The largest absolute Gasteiger partial charge is 0.389 e. The Hall–Kier alpha value is -0.160. The van der Waals surface area contributed by atoms with Gasteiger partial charge >= 0.3 is 0 Å². The normalized spacial score (nSPS) is 21.0. The molecule has 1 rings (SSSR count). The van der Waals surface area contributed by atoms with Crippen molar-refractivity contribution in [2.24, 2.45) is 0 Å². The quantitative estimate of drug-likeness (QED) is 0.622. The predicted molar refractivity (Wildman–Crippen MR) is 54.4 cm³/mol. The highest BCUT2D eigenvalue weighted by Gasteiger charge is 2.14. The highest BCUT2D eigenvalue weighted by atomic mass is 16.5. The van der Waals surface area contributed by atoms with E-state index in [0.29, 0.717) is 13.2 Å². The minimum absolute atomic E-state index is 0.361. The molecule has 1 atom stereocenters. The van der Waals surface area contributed by atoms with Gasteiger partial charge in [0, 0.05) is 26.2 Å². The van der Waals surface area contributed by atoms with E-state index in [9.17, 15) is 5.11 Å². The van der Waals surface area contributed by atoms with Crippen LogP contribution in [0.4, 0.5) is 0 Å². The van der Waals surface area contributed by atoms with Crippen molar-refractivity contribution in [1.29, 1.82) is 0 Å². The first kappa shape index (κ1) is 11.9. The fourth-order valence-electron chi connectivity index (χ4n) is 1.50. The van der Waals surface area contributed by atoms with Gasteiger partial charge in [-0.05, 0) is 6.42 Å². The lowest BCUT2D eigenvalue weighted by Gasteiger charge is -2.28. The van der Waals surface area contributed by atoms with Crippen LogP contribution in [0.15, 0.2) is 0 Å². The number of aliphatic hydroxyl groups is 1. The maximum atomic E-state index is 9.62. The van der Waals surface area contributed by atoms with Crippen molar-refractivity contribution in [3.63, 3.8) is 0 Å². The number of rotatable bonds is 6. The van der Waals surface area contributed by atoms with Crippen molar-refractivity contribution >= 4 is 0 Å². The van der Waals surface area contributed by atoms with E-state index in [0.717, 1.165) is 39.3 Å². The number of nitrogens with zero attached hydrogens (tertiary/aromatic N) is 1. The number of ether oxygens (including phenoxy) is 2. The Morgan fingerprint density at radius 2 is 2.14 bits per heavy atom. The van der Waals surface area contributed by atoms with E-state index < -0.39 is 0 Å². The number of hydrogen-bond acceptors (Lipinski definition) is 4. The fourth-order valence-corrected chi connectivity index (χ4v) is 1.50. The molecule has 0 saturated carbocycles. The molecule has 0 aliphatic carbocycles. The maximum Gasteiger partial charge on any atom is 0.0900 e. The van der Waals surface area contributed by atoms with Crippen molar-refractivity contribution in [2.45, 2.75) is 19.4 Å². The molecule has 0 aromatic rings. The topological polar surface area (TPSA) is 41.9 Å². The number of β-amino-alcohol motifs (C(OH)–C–C–N with tert-alkyl or cyclic N) is 1. The van der Waals surface area contributed by atoms with Crippen molar-refractivity contribution in [1.82, 2.24) is 4.90 Å². The zero-order valence-electron chi connectivity index (χ0n) is 8.95. The molecule has 1 aliphatic heterocycles. The summed E-state index contributed by atoms with van der Waals surface area (Å²) in [4.78, 5) is 2.21. The Bertz CT molecular complexity index is 137. The molecule has 0 bridgehead atoms. The van der Waals surface area contributed by atoms with Crippen LogP contribution in [0.2, 0.25) is 0 Å². The van der Waals surface area contributed by atoms with Gasteiger partial charge in [0.25, 0.3) is 0 Å². The Morgan fingerprint density at radius 3 is 2.79 bits per heavy atom. The molecule has 0 radical (unpaired) electrons. The van der Waals surface area contributed by atoms with E-state index in [4.69, 9.17) is 9.47 Å². The zero-order valence-corrected chi connectivity index (χ0v) is 8.95. The second-order valence-electron chi connectivity index (χ2n) is 3.64. The summed E-state index contributed by atoms with van der Waals surface area (Å²) in [5, 5.41) is 9.62. The van der Waals surface area contributed by atoms with Crippen LogP contribution < -0.4 is 0 Å². The molecule has 1 unspecified atom stereocenters. The highest BCUT2D eigenvalue weighted by molar-refractivity contribution is 4.66. The van der Waals surface area contributed by atoms with Crippen LogP contribution in [-0.2, 0) is 9.47 Å². The van der Waals surface area contributed by atoms with E-state index in [1.807, 2.05) is 0 Å². The molecule has 84 valence electrons. The first-order valence-electron chi connectivity index (χ1n) is 5.39. The van der Waals surface area contributed by atoms with Gasteiger partial charge in [0.15, 0.2) is 0 Å². The third-order valence-electron chi connectivity index (χ3n) is 2.23. The van der Waals surface area contributed by atoms with Crippen LogP contribution in [0.1, 0.15) is 13.3 Å². The molecule has 0 amide bonds. The number of hydrogen-bond donors (Lipinski definition) is 1. The van der Waals surface area contributed by atoms with E-state index >= 15 is 0 Å². The summed E-state index contributed by atoms with van der Waals surface area (Å²) in [6.07, 6.45) is 0.643. The zero-order chi connectivity index (χ0) is 10.2. The molecule has 1 saturated heterocycles. The number of morpholine rings is 1. The van der Waals surface area contributed by atoms with Gasteiger partial charge < -0.3 is 14.6 Å². The summed E-state index contributed by atoms with van der Waals surface area (Å²) in [6.45, 7) is 7.35. The summed E-state index contributed by atoms with van der Waals surface area (Å²) in [5.41, 5.74) is 0. The lowest BCUT2D eigenvalue weighted by Crippen LogP contribution is -2.42. The molecule has 1 heterocycles. The lowest BCUT2D eigenvalue weighted by atomic mass is 10.3. The lowest BCUT2D eigenvalue weighted by molar-refractivity contribution is -0.0139. The molecule has 0 spiro atoms. The molecule has 1 fully saturated rings. The van der Waals surface area contributed by atoms with Gasteiger partial charge in [-0.3, -0.25) is 4.90 Å². The van der Waals surface area contributed by atoms with Gasteiger partial charge in [0.05, 0.1) is 25.9 Å². The minimum atomic E-state index is -0.361. The molecule has 4 heteroatoms. The van der Waals surface area contributed by atoms with Crippen LogP contribution in [0, 0.1) is 0 Å². The van der Waals surface area contributed by atoms with Crippen LogP contribution in [0.3, 0.4) is 0 Å². The smallest absolute Gasteiger partial charge is 0.0900 e. The Kier molecular flexibility index (Phi) is 6.10. The average Bonchev–Trinajstić information content (AvgIpc) is 2.20. The molecule has 0 aromatic heterocycles. The average molecular weight is 203 g/mol. The molecule has 1 aliphatic rings. The fraction of sp³-hybridized carbons (Fsp3) is 1.00. The van der Waals surface area contributed by atoms with Crippen LogP contribution in [0.5, 0.6) is 0 Å². The SMILES string of the molecule is CCCOCC(O)CN1CCOCC1. The Labute approximate surface area is 85.8 Å². The maximum absolute atomic E-state index is 9.62. The molecule has 0 aromatic carbocycles. The Morgan fingerprint density at radius 1 is 1.43 bits per heavy atom. The van der Waals surface area contributed by atoms with E-state index in [1.54, 1.807) is 0 Å². The van der Waals surface area contributed by atoms with Gasteiger partial charge in [0.2, 0.25) is 0 Å². The second-order valence-corrected chi connectivity index (χ2v) is 3.64. The first-order valence-corrected chi connectivity index (χ1v) is 5.39. The molecular weight excluding hydrogens is 182 g/mol. The second kappa shape index (κ2) is 7.17. The summed E-state index contributed by atoms with van der Waals surface area (Å²) in [7, 11) is 0. The van der Waals surface area contributed by atoms with Gasteiger partial charge in [-0.2, -0.15) is 0 Å². The third kappa shape index (κ3) is 4.91. The first-order chi connectivity index (χ1) is 6.83. The predicted octanol–water partition coefficient (Wildman–Crippen LogP) is 0.106. The van der Waals surface area contributed by atoms with Crippen molar-refractivity contribution in [3.8, 4) is 0 Å². The minimum Gasteiger partial charge on any atom is -0.389 e. The van der Waals surface area contributed by atoms with Crippen molar-refractivity contribution < 1.29 is 14.6 Å². The summed E-state index contributed by atoms with van der Waals surface area (Å²) < 4.78 is 10.5. The summed E-state index contributed by atoms with van der Waals surface area (Å²) in [5.74, 6) is 0. The van der Waals surface area contributed by atoms with Crippen LogP contribution in [0.25, 0.3) is 0 Å². The van der Waals surface area contributed by atoms with E-state index in [2.05, 4.69) is 11.8 Å². The number of aliphatic hydroxyl groups excluding tert-OH is 1. The summed E-state index contributed by atoms with van der Waals surface area (Å²) in [6, 6.07) is 0. The van der Waals surface area contributed by atoms with Crippen LogP contribution in [-0.4, -0.2) is 62.2 Å². The van der Waals surface area contributed by atoms with Crippen molar-refractivity contribution in [2.75, 3.05) is 46.1 Å². The molecule has 1 N–H and O–H groups in total.